The van der Waals surface area contributed by atoms with Gasteiger partial charge >= 0.3 is 0 Å². The quantitative estimate of drug-likeness (QED) is 0.538. The van der Waals surface area contributed by atoms with Crippen LogP contribution in [-0.2, 0) is 0 Å². The standard InChI is InChI=1S/C9H8N4/c10-8-5-13-7-4-2-1-3-6(7)11-9(13)12-8/h1-5H,10H2,(H,11,12). The van der Waals surface area contributed by atoms with Gasteiger partial charge in [0.25, 0.3) is 0 Å². The molecule has 3 N–H and O–H groups in total. The summed E-state index contributed by atoms with van der Waals surface area (Å²) in [6.07, 6.45) is 1.81. The molecule has 0 bridgehead atoms. The molecule has 0 saturated heterocycles. The van der Waals surface area contributed by atoms with Crippen molar-refractivity contribution in [2.24, 2.45) is 0 Å². The lowest BCUT2D eigenvalue weighted by molar-refractivity contribution is 1.25. The molecule has 0 aliphatic carbocycles. The van der Waals surface area contributed by atoms with Crippen LogP contribution in [0.5, 0.6) is 0 Å². The Morgan fingerprint density at radius 1 is 1.31 bits per heavy atom. The molecule has 64 valence electrons. The lowest BCUT2D eigenvalue weighted by Crippen LogP contribution is -1.82. The van der Waals surface area contributed by atoms with Crippen LogP contribution >= 0.6 is 0 Å². The monoisotopic (exact) mass is 172 g/mol. The summed E-state index contributed by atoms with van der Waals surface area (Å²) in [5.74, 6) is 1.33. The number of H-pyrrole nitrogens is 1. The van der Waals surface area contributed by atoms with Crippen molar-refractivity contribution < 1.29 is 0 Å². The fourth-order valence-electron chi connectivity index (χ4n) is 1.58. The molecule has 0 spiro atoms. The normalized spacial score (nSPS) is 11.4. The van der Waals surface area contributed by atoms with Crippen molar-refractivity contribution in [3.63, 3.8) is 0 Å². The first kappa shape index (κ1) is 6.54. The van der Waals surface area contributed by atoms with E-state index >= 15 is 0 Å². The van der Waals surface area contributed by atoms with Gasteiger partial charge in [-0.1, -0.05) is 12.1 Å². The van der Waals surface area contributed by atoms with Crippen molar-refractivity contribution in [3.8, 4) is 0 Å². The van der Waals surface area contributed by atoms with Gasteiger partial charge in [-0.3, -0.25) is 4.40 Å². The Morgan fingerprint density at radius 2 is 2.15 bits per heavy atom. The third-order valence-corrected chi connectivity index (χ3v) is 2.13. The Morgan fingerprint density at radius 3 is 3.08 bits per heavy atom. The summed E-state index contributed by atoms with van der Waals surface area (Å²) in [6, 6.07) is 8.02. The summed E-state index contributed by atoms with van der Waals surface area (Å²) in [7, 11) is 0. The van der Waals surface area contributed by atoms with E-state index < -0.39 is 0 Å². The minimum Gasteiger partial charge on any atom is -0.382 e. The highest BCUT2D eigenvalue weighted by atomic mass is 15.1. The summed E-state index contributed by atoms with van der Waals surface area (Å²) < 4.78 is 1.95. The Hall–Kier alpha value is -1.97. The Bertz CT molecular complexity index is 575. The van der Waals surface area contributed by atoms with Crippen LogP contribution in [0.2, 0.25) is 0 Å². The number of nitrogen functional groups attached to an aromatic ring is 1. The van der Waals surface area contributed by atoms with Gasteiger partial charge in [-0.15, -0.1) is 0 Å². The number of rotatable bonds is 0. The van der Waals surface area contributed by atoms with Gasteiger partial charge in [0.2, 0.25) is 5.78 Å². The number of hydrogen-bond acceptors (Lipinski definition) is 2. The molecule has 13 heavy (non-hydrogen) atoms. The van der Waals surface area contributed by atoms with Gasteiger partial charge in [0.1, 0.15) is 5.82 Å². The van der Waals surface area contributed by atoms with Gasteiger partial charge < -0.3 is 10.7 Å². The van der Waals surface area contributed by atoms with E-state index in [1.54, 1.807) is 0 Å². The highest BCUT2D eigenvalue weighted by molar-refractivity contribution is 5.80. The van der Waals surface area contributed by atoms with Crippen LogP contribution in [0, 0.1) is 0 Å². The number of para-hydroxylation sites is 2. The molecule has 1 aromatic carbocycles. The number of anilines is 1. The van der Waals surface area contributed by atoms with Crippen LogP contribution in [-0.4, -0.2) is 14.4 Å². The highest BCUT2D eigenvalue weighted by Crippen LogP contribution is 2.16. The van der Waals surface area contributed by atoms with Crippen LogP contribution in [0.15, 0.2) is 30.5 Å². The third kappa shape index (κ3) is 0.767. The van der Waals surface area contributed by atoms with Crippen LogP contribution in [0.25, 0.3) is 16.8 Å². The van der Waals surface area contributed by atoms with Crippen molar-refractivity contribution in [1.29, 1.82) is 0 Å². The molecule has 0 saturated carbocycles. The van der Waals surface area contributed by atoms with Crippen LogP contribution in [0.4, 0.5) is 5.82 Å². The third-order valence-electron chi connectivity index (χ3n) is 2.13. The zero-order chi connectivity index (χ0) is 8.84. The van der Waals surface area contributed by atoms with E-state index in [2.05, 4.69) is 9.97 Å². The van der Waals surface area contributed by atoms with Gasteiger partial charge in [0.15, 0.2) is 0 Å². The smallest absolute Gasteiger partial charge is 0.214 e. The van der Waals surface area contributed by atoms with Gasteiger partial charge in [-0.05, 0) is 12.1 Å². The van der Waals surface area contributed by atoms with Crippen LogP contribution in [0.3, 0.4) is 0 Å². The second kappa shape index (κ2) is 2.04. The summed E-state index contributed by atoms with van der Waals surface area (Å²) in [6.45, 7) is 0. The van der Waals surface area contributed by atoms with Gasteiger partial charge in [0.05, 0.1) is 17.2 Å². The van der Waals surface area contributed by atoms with E-state index in [0.717, 1.165) is 16.8 Å². The lowest BCUT2D eigenvalue weighted by Gasteiger charge is -1.87. The summed E-state index contributed by atoms with van der Waals surface area (Å²) in [4.78, 5) is 7.31. The van der Waals surface area contributed by atoms with Crippen molar-refractivity contribution in [1.82, 2.24) is 14.4 Å². The maximum absolute atomic E-state index is 5.57. The molecule has 0 unspecified atom stereocenters. The molecule has 2 heterocycles. The molecule has 4 nitrogen and oxygen atoms in total. The predicted octanol–water partition coefficient (Wildman–Crippen LogP) is 1.40. The number of nitrogens with two attached hydrogens (primary N) is 1. The number of hydrogen-bond donors (Lipinski definition) is 2. The maximum atomic E-state index is 5.57. The number of benzene rings is 1. The Kier molecular flexibility index (Phi) is 1.02. The summed E-state index contributed by atoms with van der Waals surface area (Å²) in [5, 5.41) is 0. The number of fused-ring (bicyclic) bond motifs is 3. The summed E-state index contributed by atoms with van der Waals surface area (Å²) >= 11 is 0. The van der Waals surface area contributed by atoms with Crippen molar-refractivity contribution in [2.45, 2.75) is 0 Å². The first-order chi connectivity index (χ1) is 6.34. The van der Waals surface area contributed by atoms with Gasteiger partial charge in [0, 0.05) is 0 Å². The van der Waals surface area contributed by atoms with Gasteiger partial charge in [-0.2, -0.15) is 4.98 Å². The van der Waals surface area contributed by atoms with Crippen LogP contribution in [0.1, 0.15) is 0 Å². The fraction of sp³-hybridized carbons (Fsp3) is 0. The first-order valence-electron chi connectivity index (χ1n) is 4.06. The highest BCUT2D eigenvalue weighted by Gasteiger charge is 2.04. The Labute approximate surface area is 74.0 Å². The first-order valence-corrected chi connectivity index (χ1v) is 4.06. The maximum Gasteiger partial charge on any atom is 0.214 e. The minimum absolute atomic E-state index is 0.539. The van der Waals surface area contributed by atoms with E-state index in [4.69, 9.17) is 5.73 Å². The molecule has 0 amide bonds. The molecule has 0 aliphatic heterocycles. The average Bonchev–Trinajstić information content (AvgIpc) is 2.60. The minimum atomic E-state index is 0.539. The Balaban J connectivity index is 2.60. The molecular formula is C9H8N4. The predicted molar refractivity (Wildman–Crippen MR) is 51.5 cm³/mol. The molecule has 0 aliphatic rings. The molecule has 3 rings (SSSR count). The number of imidazole rings is 2. The molecular weight excluding hydrogens is 164 g/mol. The van der Waals surface area contributed by atoms with E-state index in [9.17, 15) is 0 Å². The van der Waals surface area contributed by atoms with E-state index in [1.165, 1.54) is 0 Å². The van der Waals surface area contributed by atoms with E-state index in [1.807, 2.05) is 34.9 Å². The second-order valence-electron chi connectivity index (χ2n) is 3.00. The molecule has 4 heteroatoms. The van der Waals surface area contributed by atoms with Crippen molar-refractivity contribution in [2.75, 3.05) is 5.73 Å². The van der Waals surface area contributed by atoms with E-state index in [0.29, 0.717) is 5.82 Å². The molecule has 0 atom stereocenters. The zero-order valence-corrected chi connectivity index (χ0v) is 6.86. The van der Waals surface area contributed by atoms with E-state index in [-0.39, 0.29) is 0 Å². The molecule has 0 fully saturated rings. The SMILES string of the molecule is Nc1cn2c(n1)[nH]c1ccccc12. The fourth-order valence-corrected chi connectivity index (χ4v) is 1.58. The van der Waals surface area contributed by atoms with Crippen molar-refractivity contribution >= 4 is 22.6 Å². The van der Waals surface area contributed by atoms with Crippen LogP contribution < -0.4 is 5.73 Å². The van der Waals surface area contributed by atoms with Crippen molar-refractivity contribution in [3.05, 3.63) is 30.5 Å². The topological polar surface area (TPSA) is 59.1 Å². The zero-order valence-electron chi connectivity index (χ0n) is 6.86. The molecule has 2 aromatic heterocycles. The largest absolute Gasteiger partial charge is 0.382 e. The summed E-state index contributed by atoms with van der Waals surface area (Å²) in [5.41, 5.74) is 7.75. The molecule has 0 radical (unpaired) electrons. The average molecular weight is 172 g/mol. The number of aromatic nitrogens is 3. The van der Waals surface area contributed by atoms with Gasteiger partial charge in [-0.25, -0.2) is 0 Å². The number of aromatic amines is 1. The molecule has 3 aromatic rings. The number of nitrogens with one attached hydrogen (secondary N) is 1. The number of nitrogens with zero attached hydrogens (tertiary/aromatic N) is 2. The lowest BCUT2D eigenvalue weighted by atomic mass is 10.3. The second-order valence-corrected chi connectivity index (χ2v) is 3.00.